The van der Waals surface area contributed by atoms with Crippen molar-refractivity contribution in [1.82, 2.24) is 4.98 Å². The summed E-state index contributed by atoms with van der Waals surface area (Å²) in [6.07, 6.45) is -3.91. The Balaban J connectivity index is 2.22. The molecule has 8 heteroatoms. The molecule has 0 bridgehead atoms. The normalized spacial score (nSPS) is 11.2. The van der Waals surface area contributed by atoms with Crippen molar-refractivity contribution in [1.29, 1.82) is 0 Å². The van der Waals surface area contributed by atoms with Gasteiger partial charge in [0, 0.05) is 30.5 Å². The number of ether oxygens (including phenoxy) is 1. The molecule has 0 amide bonds. The lowest BCUT2D eigenvalue weighted by Gasteiger charge is -2.08. The van der Waals surface area contributed by atoms with Crippen molar-refractivity contribution < 1.29 is 22.3 Å². The number of pyridine rings is 1. The number of nitrogens with zero attached hydrogens (tertiary/aromatic N) is 2. The maximum atomic E-state index is 13.1. The van der Waals surface area contributed by atoms with Crippen LogP contribution in [0.5, 0.6) is 11.6 Å². The molecule has 0 aliphatic carbocycles. The van der Waals surface area contributed by atoms with Crippen LogP contribution in [0.2, 0.25) is 0 Å². The third kappa shape index (κ3) is 3.28. The first-order chi connectivity index (χ1) is 9.38. The Kier molecular flexibility index (Phi) is 3.64. The zero-order valence-corrected chi connectivity index (χ0v) is 9.69. The molecule has 0 unspecified atom stereocenters. The number of rotatable bonds is 3. The number of hydrogen-bond acceptors (Lipinski definition) is 4. The molecular formula is C12H6F4N2O2. The molecule has 1 heterocycles. The number of aromatic nitrogens is 1. The monoisotopic (exact) mass is 286 g/mol. The van der Waals surface area contributed by atoms with Crippen LogP contribution in [0.4, 0.5) is 23.2 Å². The van der Waals surface area contributed by atoms with E-state index in [-0.39, 0.29) is 17.3 Å². The van der Waals surface area contributed by atoms with Gasteiger partial charge in [0.25, 0.3) is 0 Å². The Morgan fingerprint density at radius 3 is 2.45 bits per heavy atom. The molecule has 0 saturated heterocycles. The second-order valence-corrected chi connectivity index (χ2v) is 3.72. The van der Waals surface area contributed by atoms with Gasteiger partial charge in [0.1, 0.15) is 17.3 Å². The molecule has 1 aromatic carbocycles. The fourth-order valence-electron chi connectivity index (χ4n) is 1.39. The summed E-state index contributed by atoms with van der Waals surface area (Å²) in [5.41, 5.74) is -1.13. The molecule has 20 heavy (non-hydrogen) atoms. The van der Waals surface area contributed by atoms with Crippen LogP contribution in [0.15, 0.2) is 41.7 Å². The van der Waals surface area contributed by atoms with Gasteiger partial charge in [-0.25, -0.2) is 9.37 Å². The van der Waals surface area contributed by atoms with Gasteiger partial charge in [0.15, 0.2) is 0 Å². The summed E-state index contributed by atoms with van der Waals surface area (Å²) < 4.78 is 55.1. The Hall–Kier alpha value is -2.51. The molecule has 0 atom stereocenters. The summed E-state index contributed by atoms with van der Waals surface area (Å²) in [7, 11) is 0. The lowest BCUT2D eigenvalue weighted by molar-refractivity contribution is -0.137. The van der Waals surface area contributed by atoms with Gasteiger partial charge in [-0.3, -0.25) is 0 Å². The summed E-state index contributed by atoms with van der Waals surface area (Å²) in [5.74, 6) is -1.02. The van der Waals surface area contributed by atoms with Crippen LogP contribution in [0, 0.1) is 10.7 Å². The lowest BCUT2D eigenvalue weighted by atomic mass is 10.3. The van der Waals surface area contributed by atoms with E-state index in [9.17, 15) is 22.5 Å². The number of alkyl halides is 3. The molecule has 104 valence electrons. The van der Waals surface area contributed by atoms with E-state index in [2.05, 4.69) is 10.2 Å². The van der Waals surface area contributed by atoms with Gasteiger partial charge < -0.3 is 4.74 Å². The van der Waals surface area contributed by atoms with Gasteiger partial charge in [0.05, 0.1) is 5.56 Å². The van der Waals surface area contributed by atoms with E-state index in [0.29, 0.717) is 6.20 Å². The van der Waals surface area contributed by atoms with E-state index >= 15 is 0 Å². The number of hydrogen-bond donors (Lipinski definition) is 0. The number of benzene rings is 1. The van der Waals surface area contributed by atoms with Gasteiger partial charge >= 0.3 is 6.18 Å². The van der Waals surface area contributed by atoms with Crippen molar-refractivity contribution in [2.75, 3.05) is 0 Å². The first-order valence-corrected chi connectivity index (χ1v) is 5.23. The highest BCUT2D eigenvalue weighted by Gasteiger charge is 2.30. The van der Waals surface area contributed by atoms with E-state index in [0.717, 1.165) is 30.3 Å². The van der Waals surface area contributed by atoms with Crippen LogP contribution in [0.3, 0.4) is 0 Å². The molecule has 1 aromatic heterocycles. The van der Waals surface area contributed by atoms with E-state index < -0.39 is 17.6 Å². The third-order valence-electron chi connectivity index (χ3n) is 2.25. The minimum absolute atomic E-state index is 0.0909. The Morgan fingerprint density at radius 1 is 1.15 bits per heavy atom. The maximum Gasteiger partial charge on any atom is 0.417 e. The molecule has 4 nitrogen and oxygen atoms in total. The average molecular weight is 286 g/mol. The summed E-state index contributed by atoms with van der Waals surface area (Å²) in [6, 6.07) is 4.74. The van der Waals surface area contributed by atoms with Crippen molar-refractivity contribution >= 4 is 5.69 Å². The molecule has 0 aliphatic rings. The fourth-order valence-corrected chi connectivity index (χ4v) is 1.39. The largest absolute Gasteiger partial charge is 0.439 e. The predicted octanol–water partition coefficient (Wildman–Crippen LogP) is 4.43. The standard InChI is InChI=1S/C12H6F4N2O2/c13-8-3-9(18-19)5-10(4-8)20-11-2-1-7(6-17-11)12(14,15)16/h1-6H. The van der Waals surface area contributed by atoms with E-state index in [1.165, 1.54) is 0 Å². The highest BCUT2D eigenvalue weighted by atomic mass is 19.4. The molecule has 2 aromatic rings. The predicted molar refractivity (Wildman–Crippen MR) is 61.2 cm³/mol. The molecular weight excluding hydrogens is 280 g/mol. The van der Waals surface area contributed by atoms with Gasteiger partial charge in [-0.05, 0) is 11.2 Å². The maximum absolute atomic E-state index is 13.1. The van der Waals surface area contributed by atoms with Crippen LogP contribution in [0.25, 0.3) is 0 Å². The second-order valence-electron chi connectivity index (χ2n) is 3.72. The summed E-state index contributed by atoms with van der Waals surface area (Å²) in [6.45, 7) is 0. The zero-order valence-electron chi connectivity index (χ0n) is 9.69. The molecule has 0 spiro atoms. The van der Waals surface area contributed by atoms with Crippen LogP contribution in [-0.2, 0) is 6.18 Å². The molecule has 2 rings (SSSR count). The van der Waals surface area contributed by atoms with Gasteiger partial charge in [-0.2, -0.15) is 13.2 Å². The first-order valence-electron chi connectivity index (χ1n) is 5.23. The minimum atomic E-state index is -4.50. The molecule has 0 radical (unpaired) electrons. The van der Waals surface area contributed by atoms with Crippen molar-refractivity contribution in [3.05, 3.63) is 52.8 Å². The number of nitroso groups, excluding NO2 is 1. The first kappa shape index (κ1) is 13.9. The SMILES string of the molecule is O=Nc1cc(F)cc(Oc2ccc(C(F)(F)F)cn2)c1. The summed E-state index contributed by atoms with van der Waals surface area (Å²) >= 11 is 0. The average Bonchev–Trinajstić information content (AvgIpc) is 2.37. The van der Waals surface area contributed by atoms with Crippen LogP contribution in [-0.4, -0.2) is 4.98 Å². The minimum Gasteiger partial charge on any atom is -0.439 e. The Bertz CT molecular complexity index is 626. The van der Waals surface area contributed by atoms with Crippen molar-refractivity contribution in [3.63, 3.8) is 0 Å². The molecule has 0 aliphatic heterocycles. The van der Waals surface area contributed by atoms with Gasteiger partial charge in [-0.15, -0.1) is 4.91 Å². The van der Waals surface area contributed by atoms with Crippen molar-refractivity contribution in [3.8, 4) is 11.6 Å². The topological polar surface area (TPSA) is 51.5 Å². The highest BCUT2D eigenvalue weighted by molar-refractivity contribution is 5.44. The van der Waals surface area contributed by atoms with E-state index in [1.54, 1.807) is 0 Å². The highest BCUT2D eigenvalue weighted by Crippen LogP contribution is 2.30. The second kappa shape index (κ2) is 5.24. The van der Waals surface area contributed by atoms with Crippen molar-refractivity contribution in [2.24, 2.45) is 5.18 Å². The molecule has 0 saturated carbocycles. The fraction of sp³-hybridized carbons (Fsp3) is 0.0833. The smallest absolute Gasteiger partial charge is 0.417 e. The third-order valence-corrected chi connectivity index (χ3v) is 2.25. The van der Waals surface area contributed by atoms with E-state index in [1.807, 2.05) is 0 Å². The molecule has 0 N–H and O–H groups in total. The quantitative estimate of drug-likeness (QED) is 0.619. The lowest BCUT2D eigenvalue weighted by Crippen LogP contribution is -2.05. The van der Waals surface area contributed by atoms with Crippen molar-refractivity contribution in [2.45, 2.75) is 6.18 Å². The number of halogens is 4. The Morgan fingerprint density at radius 2 is 1.90 bits per heavy atom. The van der Waals surface area contributed by atoms with Crippen LogP contribution < -0.4 is 4.74 Å². The zero-order chi connectivity index (χ0) is 14.8. The van der Waals surface area contributed by atoms with Crippen LogP contribution in [0.1, 0.15) is 5.56 Å². The van der Waals surface area contributed by atoms with Crippen LogP contribution >= 0.6 is 0 Å². The summed E-state index contributed by atoms with van der Waals surface area (Å²) in [5, 5.41) is 2.54. The van der Waals surface area contributed by atoms with Gasteiger partial charge in [0.2, 0.25) is 5.88 Å². The molecule has 0 fully saturated rings. The van der Waals surface area contributed by atoms with E-state index in [4.69, 9.17) is 4.74 Å². The summed E-state index contributed by atoms with van der Waals surface area (Å²) in [4.78, 5) is 13.8. The Labute approximate surface area is 110 Å². The van der Waals surface area contributed by atoms with Gasteiger partial charge in [-0.1, -0.05) is 0 Å².